The highest BCUT2D eigenvalue weighted by atomic mass is 35.5. The second kappa shape index (κ2) is 4.46. The number of aliphatic hydroxyl groups is 1. The first-order valence-electron chi connectivity index (χ1n) is 5.19. The van der Waals surface area contributed by atoms with Gasteiger partial charge in [0.05, 0.1) is 6.61 Å². The summed E-state index contributed by atoms with van der Waals surface area (Å²) in [5, 5.41) is 12.5. The molecule has 1 fully saturated rings. The van der Waals surface area contributed by atoms with Crippen molar-refractivity contribution in [1.82, 2.24) is 9.97 Å². The van der Waals surface area contributed by atoms with Gasteiger partial charge in [0.15, 0.2) is 0 Å². The summed E-state index contributed by atoms with van der Waals surface area (Å²) in [5.41, 5.74) is 5.08. The highest BCUT2D eigenvalue weighted by molar-refractivity contribution is 6.29. The number of nitrogen functional groups attached to an aromatic ring is 1. The number of aromatic nitrogens is 2. The maximum atomic E-state index is 11.0. The molecule has 0 bridgehead atoms. The minimum absolute atomic E-state index is 0.0277. The van der Waals surface area contributed by atoms with Crippen LogP contribution in [0.1, 0.15) is 12.8 Å². The Morgan fingerprint density at radius 1 is 1.53 bits per heavy atom. The van der Waals surface area contributed by atoms with Gasteiger partial charge in [-0.2, -0.15) is 4.98 Å². The summed E-state index contributed by atoms with van der Waals surface area (Å²) in [5.74, 6) is 0.749. The number of nitrogens with two attached hydrogens (primary N) is 1. The van der Waals surface area contributed by atoms with Crippen molar-refractivity contribution >= 4 is 29.2 Å². The Morgan fingerprint density at radius 2 is 2.24 bits per heavy atom. The Labute approximate surface area is 103 Å². The molecule has 0 atom stereocenters. The molecule has 17 heavy (non-hydrogen) atoms. The van der Waals surface area contributed by atoms with Gasteiger partial charge < -0.3 is 16.2 Å². The van der Waals surface area contributed by atoms with Gasteiger partial charge in [-0.25, -0.2) is 4.98 Å². The summed E-state index contributed by atoms with van der Waals surface area (Å²) in [4.78, 5) is 18.7. The molecule has 0 spiro atoms. The number of anilines is 2. The molecule has 7 heteroatoms. The molecule has 0 saturated heterocycles. The fraction of sp³-hybridized carbons (Fsp3) is 0.500. The first-order valence-corrected chi connectivity index (χ1v) is 5.57. The molecule has 1 aromatic heterocycles. The second-order valence-corrected chi connectivity index (χ2v) is 4.73. The van der Waals surface area contributed by atoms with Crippen LogP contribution in [0.5, 0.6) is 0 Å². The van der Waals surface area contributed by atoms with Crippen molar-refractivity contribution in [2.45, 2.75) is 12.8 Å². The van der Waals surface area contributed by atoms with Gasteiger partial charge in [0.25, 0.3) is 0 Å². The Bertz CT molecular complexity index is 424. The van der Waals surface area contributed by atoms with Crippen LogP contribution in [0.25, 0.3) is 0 Å². The Hall–Kier alpha value is -1.40. The topological polar surface area (TPSA) is 101 Å². The standard InChI is InChI=1S/C10H13ClN4O2/c11-7-1-8(15-9(12)14-7)13-4-10(5-16)2-6(17)3-10/h1,16H,2-5H2,(H3,12,13,14,15). The lowest BCUT2D eigenvalue weighted by atomic mass is 9.68. The lowest BCUT2D eigenvalue weighted by molar-refractivity contribution is -0.134. The van der Waals surface area contributed by atoms with Crippen LogP contribution < -0.4 is 11.1 Å². The van der Waals surface area contributed by atoms with E-state index in [-0.39, 0.29) is 28.9 Å². The molecular weight excluding hydrogens is 244 g/mol. The largest absolute Gasteiger partial charge is 0.396 e. The van der Waals surface area contributed by atoms with Crippen LogP contribution in [0.3, 0.4) is 0 Å². The van der Waals surface area contributed by atoms with Crippen LogP contribution >= 0.6 is 11.6 Å². The van der Waals surface area contributed by atoms with Crippen molar-refractivity contribution in [2.24, 2.45) is 5.41 Å². The smallest absolute Gasteiger partial charge is 0.223 e. The molecule has 2 rings (SSSR count). The third-order valence-corrected chi connectivity index (χ3v) is 3.03. The molecule has 92 valence electrons. The predicted molar refractivity (Wildman–Crippen MR) is 63.7 cm³/mol. The average molecular weight is 257 g/mol. The van der Waals surface area contributed by atoms with Gasteiger partial charge in [-0.15, -0.1) is 0 Å². The third-order valence-electron chi connectivity index (χ3n) is 2.84. The SMILES string of the molecule is Nc1nc(Cl)cc(NCC2(CO)CC(=O)C2)n1. The second-order valence-electron chi connectivity index (χ2n) is 4.34. The molecule has 0 aliphatic heterocycles. The zero-order chi connectivity index (χ0) is 12.5. The summed E-state index contributed by atoms with van der Waals surface area (Å²) in [7, 11) is 0. The van der Waals surface area contributed by atoms with Gasteiger partial charge >= 0.3 is 0 Å². The van der Waals surface area contributed by atoms with E-state index in [0.717, 1.165) is 0 Å². The molecular formula is C10H13ClN4O2. The zero-order valence-corrected chi connectivity index (χ0v) is 9.87. The van der Waals surface area contributed by atoms with Crippen molar-refractivity contribution in [1.29, 1.82) is 0 Å². The Balaban J connectivity index is 1.99. The molecule has 0 unspecified atom stereocenters. The fourth-order valence-corrected chi connectivity index (χ4v) is 2.07. The first kappa shape index (κ1) is 12.1. The fourth-order valence-electron chi connectivity index (χ4n) is 1.88. The summed E-state index contributed by atoms with van der Waals surface area (Å²) >= 11 is 5.73. The minimum Gasteiger partial charge on any atom is -0.396 e. The van der Waals surface area contributed by atoms with E-state index in [4.69, 9.17) is 17.3 Å². The predicted octanol–water partition coefficient (Wildman–Crippen LogP) is 0.466. The molecule has 0 radical (unpaired) electrons. The number of nitrogens with one attached hydrogen (secondary N) is 1. The van der Waals surface area contributed by atoms with E-state index in [2.05, 4.69) is 15.3 Å². The highest BCUT2D eigenvalue weighted by Crippen LogP contribution is 2.37. The molecule has 6 nitrogen and oxygen atoms in total. The monoisotopic (exact) mass is 256 g/mol. The quantitative estimate of drug-likeness (QED) is 0.677. The number of carbonyl (C=O) groups is 1. The Morgan fingerprint density at radius 3 is 2.76 bits per heavy atom. The van der Waals surface area contributed by atoms with Crippen molar-refractivity contribution in [3.8, 4) is 0 Å². The van der Waals surface area contributed by atoms with Crippen molar-refractivity contribution < 1.29 is 9.90 Å². The van der Waals surface area contributed by atoms with Crippen molar-refractivity contribution in [2.75, 3.05) is 24.2 Å². The number of hydrogen-bond acceptors (Lipinski definition) is 6. The van der Waals surface area contributed by atoms with Crippen LogP contribution in [0, 0.1) is 5.41 Å². The maximum absolute atomic E-state index is 11.0. The van der Waals surface area contributed by atoms with E-state index < -0.39 is 0 Å². The molecule has 0 amide bonds. The summed E-state index contributed by atoms with van der Waals surface area (Å²) in [6.07, 6.45) is 0.787. The highest BCUT2D eigenvalue weighted by Gasteiger charge is 2.42. The van der Waals surface area contributed by atoms with Gasteiger partial charge in [-0.3, -0.25) is 4.79 Å². The lowest BCUT2D eigenvalue weighted by Crippen LogP contribution is -2.45. The van der Waals surface area contributed by atoms with E-state index in [1.54, 1.807) is 6.07 Å². The maximum Gasteiger partial charge on any atom is 0.223 e. The number of nitrogens with zero attached hydrogens (tertiary/aromatic N) is 2. The van der Waals surface area contributed by atoms with Crippen molar-refractivity contribution in [3.05, 3.63) is 11.2 Å². The van der Waals surface area contributed by atoms with Crippen LogP contribution in [0.15, 0.2) is 6.07 Å². The van der Waals surface area contributed by atoms with Gasteiger partial charge in [0.1, 0.15) is 16.8 Å². The number of Topliss-reactive ketones (excluding diaryl/α,β-unsaturated/α-hetero) is 1. The first-order chi connectivity index (χ1) is 8.03. The number of aliphatic hydroxyl groups excluding tert-OH is 1. The Kier molecular flexibility index (Phi) is 3.17. The molecule has 0 aromatic carbocycles. The molecule has 1 aliphatic rings. The van der Waals surface area contributed by atoms with Gasteiger partial charge in [0.2, 0.25) is 5.95 Å². The average Bonchev–Trinajstić information content (AvgIpc) is 2.21. The molecule has 1 saturated carbocycles. The molecule has 1 aliphatic carbocycles. The molecule has 1 heterocycles. The van der Waals surface area contributed by atoms with Crippen LogP contribution in [0.4, 0.5) is 11.8 Å². The van der Waals surface area contributed by atoms with E-state index in [1.165, 1.54) is 0 Å². The van der Waals surface area contributed by atoms with Crippen LogP contribution in [-0.2, 0) is 4.79 Å². The normalized spacial score (nSPS) is 17.6. The van der Waals surface area contributed by atoms with Crippen LogP contribution in [0.2, 0.25) is 5.15 Å². The van der Waals surface area contributed by atoms with Gasteiger partial charge in [-0.1, -0.05) is 11.6 Å². The van der Waals surface area contributed by atoms with Gasteiger partial charge in [-0.05, 0) is 0 Å². The van der Waals surface area contributed by atoms with E-state index >= 15 is 0 Å². The van der Waals surface area contributed by atoms with E-state index in [0.29, 0.717) is 25.2 Å². The van der Waals surface area contributed by atoms with E-state index in [9.17, 15) is 9.90 Å². The van der Waals surface area contributed by atoms with Crippen molar-refractivity contribution in [3.63, 3.8) is 0 Å². The zero-order valence-electron chi connectivity index (χ0n) is 9.11. The number of hydrogen-bond donors (Lipinski definition) is 3. The number of halogens is 1. The molecule has 1 aromatic rings. The van der Waals surface area contributed by atoms with Gasteiger partial charge in [0, 0.05) is 30.9 Å². The number of ketones is 1. The minimum atomic E-state index is -0.372. The number of rotatable bonds is 4. The molecule has 4 N–H and O–H groups in total. The summed E-state index contributed by atoms with van der Waals surface area (Å²) in [6.45, 7) is 0.433. The van der Waals surface area contributed by atoms with E-state index in [1.807, 2.05) is 0 Å². The third kappa shape index (κ3) is 2.65. The number of carbonyl (C=O) groups excluding carboxylic acids is 1. The lowest BCUT2D eigenvalue weighted by Gasteiger charge is -2.38. The summed E-state index contributed by atoms with van der Waals surface area (Å²) < 4.78 is 0. The summed E-state index contributed by atoms with van der Waals surface area (Å²) in [6, 6.07) is 1.55. The van der Waals surface area contributed by atoms with Crippen LogP contribution in [-0.4, -0.2) is 34.0 Å².